The van der Waals surface area contributed by atoms with Gasteiger partial charge >= 0.3 is 0 Å². The molecule has 0 radical (unpaired) electrons. The molecule has 0 aromatic heterocycles. The Labute approximate surface area is 133 Å². The van der Waals surface area contributed by atoms with E-state index in [-0.39, 0.29) is 23.0 Å². The van der Waals surface area contributed by atoms with Gasteiger partial charge in [-0.05, 0) is 47.0 Å². The number of rotatable bonds is 4. The molecule has 0 aliphatic carbocycles. The Kier molecular flexibility index (Phi) is 4.24. The highest BCUT2D eigenvalue weighted by Crippen LogP contribution is 2.24. The Hall–Kier alpha value is -2.88. The summed E-state index contributed by atoms with van der Waals surface area (Å²) in [6, 6.07) is 17.0. The maximum absolute atomic E-state index is 12.8. The molecule has 0 unspecified atom stereocenters. The number of phenols is 1. The minimum absolute atomic E-state index is 0.0389. The van der Waals surface area contributed by atoms with Gasteiger partial charge in [-0.15, -0.1) is 0 Å². The highest BCUT2D eigenvalue weighted by molar-refractivity contribution is 6.01. The second-order valence-electron chi connectivity index (χ2n) is 5.35. The zero-order chi connectivity index (χ0) is 16.2. The molecule has 23 heavy (non-hydrogen) atoms. The van der Waals surface area contributed by atoms with Crippen molar-refractivity contribution in [3.8, 4) is 5.75 Å². The number of amides is 1. The van der Waals surface area contributed by atoms with Gasteiger partial charge in [0, 0.05) is 6.54 Å². The average Bonchev–Trinajstić information content (AvgIpc) is 2.56. The van der Waals surface area contributed by atoms with Crippen LogP contribution >= 0.6 is 0 Å². The Morgan fingerprint density at radius 3 is 2.35 bits per heavy atom. The lowest BCUT2D eigenvalue weighted by Gasteiger charge is -2.08. The van der Waals surface area contributed by atoms with Gasteiger partial charge in [0.25, 0.3) is 5.91 Å². The van der Waals surface area contributed by atoms with Crippen LogP contribution in [0, 0.1) is 5.82 Å². The van der Waals surface area contributed by atoms with Gasteiger partial charge in [0.2, 0.25) is 0 Å². The molecule has 0 aliphatic heterocycles. The molecule has 4 heteroatoms. The topological polar surface area (TPSA) is 49.3 Å². The van der Waals surface area contributed by atoms with Crippen molar-refractivity contribution >= 4 is 16.7 Å². The zero-order valence-corrected chi connectivity index (χ0v) is 12.4. The molecule has 116 valence electrons. The minimum Gasteiger partial charge on any atom is -0.507 e. The number of phenolic OH excluding ortho intramolecular Hbond substituents is 1. The summed E-state index contributed by atoms with van der Waals surface area (Å²) in [6.45, 7) is 0.413. The number of fused-ring (bicyclic) bond motifs is 1. The fraction of sp³-hybridized carbons (Fsp3) is 0.105. The third-order valence-electron chi connectivity index (χ3n) is 3.72. The van der Waals surface area contributed by atoms with Crippen molar-refractivity contribution in [3.63, 3.8) is 0 Å². The number of nitrogens with one attached hydrogen (secondary N) is 1. The first-order valence-electron chi connectivity index (χ1n) is 7.38. The van der Waals surface area contributed by atoms with Crippen molar-refractivity contribution in [2.45, 2.75) is 6.42 Å². The summed E-state index contributed by atoms with van der Waals surface area (Å²) in [7, 11) is 0. The summed E-state index contributed by atoms with van der Waals surface area (Å²) in [5.41, 5.74) is 1.19. The molecule has 0 saturated carbocycles. The van der Waals surface area contributed by atoms with Crippen LogP contribution in [0.5, 0.6) is 5.75 Å². The van der Waals surface area contributed by atoms with E-state index in [0.717, 1.165) is 16.3 Å². The third-order valence-corrected chi connectivity index (χ3v) is 3.72. The highest BCUT2D eigenvalue weighted by Gasteiger charge is 2.11. The maximum atomic E-state index is 12.8. The molecular formula is C19H16FNO2. The van der Waals surface area contributed by atoms with Crippen LogP contribution in [0.2, 0.25) is 0 Å². The number of hydrogen-bond donors (Lipinski definition) is 2. The first-order chi connectivity index (χ1) is 11.1. The summed E-state index contributed by atoms with van der Waals surface area (Å²) >= 11 is 0. The van der Waals surface area contributed by atoms with Gasteiger partial charge < -0.3 is 10.4 Å². The molecule has 1 amide bonds. The van der Waals surface area contributed by atoms with E-state index in [1.54, 1.807) is 24.3 Å². The monoisotopic (exact) mass is 309 g/mol. The van der Waals surface area contributed by atoms with Crippen LogP contribution < -0.4 is 5.32 Å². The van der Waals surface area contributed by atoms with Crippen LogP contribution in [-0.2, 0) is 6.42 Å². The molecule has 3 nitrogen and oxygen atoms in total. The van der Waals surface area contributed by atoms with E-state index in [9.17, 15) is 14.3 Å². The Balaban J connectivity index is 1.68. The van der Waals surface area contributed by atoms with E-state index < -0.39 is 0 Å². The molecule has 0 spiro atoms. The number of hydrogen-bond acceptors (Lipinski definition) is 2. The van der Waals surface area contributed by atoms with Crippen LogP contribution in [0.15, 0.2) is 60.7 Å². The molecule has 3 rings (SSSR count). The van der Waals surface area contributed by atoms with Gasteiger partial charge in [0.1, 0.15) is 11.6 Å². The van der Waals surface area contributed by atoms with Crippen molar-refractivity contribution in [1.29, 1.82) is 0 Å². The summed E-state index contributed by atoms with van der Waals surface area (Å²) in [4.78, 5) is 12.2. The van der Waals surface area contributed by atoms with E-state index in [4.69, 9.17) is 0 Å². The quantitative estimate of drug-likeness (QED) is 0.773. The smallest absolute Gasteiger partial charge is 0.255 e. The second-order valence-corrected chi connectivity index (χ2v) is 5.35. The first-order valence-corrected chi connectivity index (χ1v) is 7.38. The van der Waals surface area contributed by atoms with Crippen molar-refractivity contribution in [2.75, 3.05) is 6.54 Å². The minimum atomic E-state index is -0.324. The van der Waals surface area contributed by atoms with Crippen molar-refractivity contribution in [1.82, 2.24) is 5.32 Å². The molecule has 0 bridgehead atoms. The molecule has 0 aliphatic rings. The van der Waals surface area contributed by atoms with Crippen LogP contribution in [0.3, 0.4) is 0 Å². The normalized spacial score (nSPS) is 10.7. The predicted octanol–water partition coefficient (Wildman–Crippen LogP) is 3.66. The number of benzene rings is 3. The number of carbonyl (C=O) groups is 1. The first kappa shape index (κ1) is 15.0. The van der Waals surface area contributed by atoms with Crippen LogP contribution in [-0.4, -0.2) is 17.6 Å². The second kappa shape index (κ2) is 6.48. The molecule has 3 aromatic carbocycles. The number of carbonyl (C=O) groups excluding carboxylic acids is 1. The van der Waals surface area contributed by atoms with E-state index in [0.29, 0.717) is 13.0 Å². The van der Waals surface area contributed by atoms with E-state index in [2.05, 4.69) is 5.32 Å². The fourth-order valence-corrected chi connectivity index (χ4v) is 2.48. The summed E-state index contributed by atoms with van der Waals surface area (Å²) in [6.07, 6.45) is 0.598. The van der Waals surface area contributed by atoms with E-state index >= 15 is 0 Å². The molecule has 3 aromatic rings. The third kappa shape index (κ3) is 3.48. The molecule has 0 saturated heterocycles. The van der Waals surface area contributed by atoms with Crippen molar-refractivity contribution in [3.05, 3.63) is 77.6 Å². The zero-order valence-electron chi connectivity index (χ0n) is 12.4. The lowest BCUT2D eigenvalue weighted by atomic mass is 10.1. The number of halogens is 1. The van der Waals surface area contributed by atoms with E-state index in [1.165, 1.54) is 12.1 Å². The molecular weight excluding hydrogens is 293 g/mol. The predicted molar refractivity (Wildman–Crippen MR) is 88.1 cm³/mol. The average molecular weight is 309 g/mol. The molecule has 0 fully saturated rings. The standard InChI is InChI=1S/C19H16FNO2/c20-16-7-5-13(6-8-16)9-10-21-19(23)17-11-14-3-1-2-4-15(14)12-18(17)22/h1-8,11-12,22H,9-10H2,(H,21,23). The number of aromatic hydroxyl groups is 1. The molecule has 0 heterocycles. The van der Waals surface area contributed by atoms with Crippen molar-refractivity contribution < 1.29 is 14.3 Å². The van der Waals surface area contributed by atoms with Gasteiger partial charge in [-0.25, -0.2) is 4.39 Å². The molecule has 0 atom stereocenters. The van der Waals surface area contributed by atoms with Crippen LogP contribution in [0.25, 0.3) is 10.8 Å². The molecule has 2 N–H and O–H groups in total. The largest absolute Gasteiger partial charge is 0.507 e. The van der Waals surface area contributed by atoms with Gasteiger partial charge in [-0.2, -0.15) is 0 Å². The summed E-state index contributed by atoms with van der Waals surface area (Å²) in [5.74, 6) is -0.641. The summed E-state index contributed by atoms with van der Waals surface area (Å²) < 4.78 is 12.8. The van der Waals surface area contributed by atoms with Gasteiger partial charge in [0.15, 0.2) is 0 Å². The Morgan fingerprint density at radius 2 is 1.65 bits per heavy atom. The lowest BCUT2D eigenvalue weighted by Crippen LogP contribution is -2.25. The maximum Gasteiger partial charge on any atom is 0.255 e. The SMILES string of the molecule is O=C(NCCc1ccc(F)cc1)c1cc2ccccc2cc1O. The highest BCUT2D eigenvalue weighted by atomic mass is 19.1. The van der Waals surface area contributed by atoms with Crippen LogP contribution in [0.4, 0.5) is 4.39 Å². The van der Waals surface area contributed by atoms with Gasteiger partial charge in [-0.3, -0.25) is 4.79 Å². The fourth-order valence-electron chi connectivity index (χ4n) is 2.48. The van der Waals surface area contributed by atoms with Crippen molar-refractivity contribution in [2.24, 2.45) is 0 Å². The van der Waals surface area contributed by atoms with Gasteiger partial charge in [-0.1, -0.05) is 36.4 Å². The lowest BCUT2D eigenvalue weighted by molar-refractivity contribution is 0.0951. The Morgan fingerprint density at radius 1 is 1.00 bits per heavy atom. The summed E-state index contributed by atoms with van der Waals surface area (Å²) in [5, 5.41) is 14.6. The Bertz CT molecular complexity index is 844. The van der Waals surface area contributed by atoms with Gasteiger partial charge in [0.05, 0.1) is 5.56 Å². The van der Waals surface area contributed by atoms with Crippen LogP contribution in [0.1, 0.15) is 15.9 Å². The van der Waals surface area contributed by atoms with E-state index in [1.807, 2.05) is 24.3 Å².